The van der Waals surface area contributed by atoms with Crippen LogP contribution in [0.15, 0.2) is 24.3 Å². The van der Waals surface area contributed by atoms with Gasteiger partial charge in [-0.05, 0) is 11.6 Å². The van der Waals surface area contributed by atoms with E-state index in [0.29, 0.717) is 12.0 Å². The summed E-state index contributed by atoms with van der Waals surface area (Å²) in [4.78, 5) is 15.9. The Labute approximate surface area is 117 Å². The summed E-state index contributed by atoms with van der Waals surface area (Å²) in [5, 5.41) is 12.5. The number of hydrogen-bond acceptors (Lipinski definition) is 3. The molecule has 1 aromatic heterocycles. The van der Waals surface area contributed by atoms with Crippen LogP contribution in [0.1, 0.15) is 33.1 Å². The van der Waals surface area contributed by atoms with Crippen molar-refractivity contribution < 1.29 is 9.90 Å². The van der Waals surface area contributed by atoms with Crippen LogP contribution in [-0.4, -0.2) is 27.2 Å². The zero-order valence-electron chi connectivity index (χ0n) is 11.4. The average Bonchev–Trinajstić information content (AvgIpc) is 2.76. The van der Waals surface area contributed by atoms with E-state index in [9.17, 15) is 9.90 Å². The molecule has 104 valence electrons. The predicted octanol–water partition coefficient (Wildman–Crippen LogP) is 1.35. The normalized spacial score (nSPS) is 14.1. The van der Waals surface area contributed by atoms with Crippen LogP contribution in [0, 0.1) is 0 Å². The van der Waals surface area contributed by atoms with Crippen LogP contribution in [0.25, 0.3) is 0 Å². The highest BCUT2D eigenvalue weighted by Gasteiger charge is 2.19. The summed E-state index contributed by atoms with van der Waals surface area (Å²) < 4.78 is 2.11. The van der Waals surface area contributed by atoms with Crippen molar-refractivity contribution >= 4 is 5.97 Å². The first-order valence-corrected chi connectivity index (χ1v) is 6.72. The zero-order chi connectivity index (χ0) is 14.1. The first-order valence-electron chi connectivity index (χ1n) is 6.72. The molecule has 0 saturated carbocycles. The summed E-state index contributed by atoms with van der Waals surface area (Å²) >= 11 is 0. The van der Waals surface area contributed by atoms with Crippen molar-refractivity contribution in [2.45, 2.75) is 19.4 Å². The first-order chi connectivity index (χ1) is 9.66. The molecule has 0 bridgehead atoms. The fraction of sp³-hybridized carbons (Fsp3) is 0.333. The highest BCUT2D eigenvalue weighted by molar-refractivity contribution is 5.89. The van der Waals surface area contributed by atoms with E-state index in [2.05, 4.69) is 14.9 Å². The van der Waals surface area contributed by atoms with Gasteiger partial charge in [0.05, 0.1) is 11.3 Å². The van der Waals surface area contributed by atoms with Crippen molar-refractivity contribution in [3.05, 3.63) is 52.6 Å². The molecule has 5 heteroatoms. The smallest absolute Gasteiger partial charge is 0.335 e. The van der Waals surface area contributed by atoms with Gasteiger partial charge in [0.2, 0.25) is 0 Å². The van der Waals surface area contributed by atoms with Crippen LogP contribution in [0.3, 0.4) is 0 Å². The Bertz CT molecular complexity index is 661. The van der Waals surface area contributed by atoms with E-state index < -0.39 is 5.97 Å². The molecule has 0 fully saturated rings. The maximum atomic E-state index is 11.3. The van der Waals surface area contributed by atoms with Crippen molar-refractivity contribution in [3.8, 4) is 0 Å². The number of imidazole rings is 1. The number of carbonyl (C=O) groups is 1. The Morgan fingerprint density at radius 1 is 1.45 bits per heavy atom. The van der Waals surface area contributed by atoms with Crippen LogP contribution in [0.4, 0.5) is 0 Å². The molecule has 0 atom stereocenters. The van der Waals surface area contributed by atoms with Gasteiger partial charge >= 0.3 is 5.97 Å². The summed E-state index contributed by atoms with van der Waals surface area (Å²) in [5.74, 6) is 0.0358. The number of fused-ring (bicyclic) bond motifs is 1. The summed E-state index contributed by atoms with van der Waals surface area (Å²) in [7, 11) is 2.01. The highest BCUT2D eigenvalue weighted by Crippen LogP contribution is 2.19. The van der Waals surface area contributed by atoms with Crippen molar-refractivity contribution in [1.82, 2.24) is 14.9 Å². The van der Waals surface area contributed by atoms with Gasteiger partial charge in [0, 0.05) is 38.7 Å². The fourth-order valence-electron chi connectivity index (χ4n) is 2.72. The van der Waals surface area contributed by atoms with E-state index in [1.165, 1.54) is 5.69 Å². The molecule has 0 radical (unpaired) electrons. The topological polar surface area (TPSA) is 67.2 Å². The van der Waals surface area contributed by atoms with Crippen molar-refractivity contribution in [1.29, 1.82) is 0 Å². The van der Waals surface area contributed by atoms with Crippen LogP contribution >= 0.6 is 0 Å². The predicted molar refractivity (Wildman–Crippen MR) is 74.8 cm³/mol. The molecule has 3 rings (SSSR count). The highest BCUT2D eigenvalue weighted by atomic mass is 16.4. The lowest BCUT2D eigenvalue weighted by Gasteiger charge is -2.13. The Hall–Kier alpha value is -2.14. The quantitative estimate of drug-likeness (QED) is 0.884. The standard InChI is InChI=1S/C15H17N3O2/c1-18-13-6-7-16-9-12(13)17-14(18)8-10-4-2-3-5-11(10)15(19)20/h2-5,16H,6-9H2,1H3,(H,19,20). The number of aromatic nitrogens is 2. The van der Waals surface area contributed by atoms with Gasteiger partial charge in [0.15, 0.2) is 0 Å². The molecular formula is C15H17N3O2. The maximum Gasteiger partial charge on any atom is 0.335 e. The molecule has 0 amide bonds. The first kappa shape index (κ1) is 12.9. The van der Waals surface area contributed by atoms with Gasteiger partial charge in [-0.15, -0.1) is 0 Å². The van der Waals surface area contributed by atoms with Crippen LogP contribution in [0.2, 0.25) is 0 Å². The minimum Gasteiger partial charge on any atom is -0.478 e. The van der Waals surface area contributed by atoms with Crippen LogP contribution in [-0.2, 0) is 26.4 Å². The lowest BCUT2D eigenvalue weighted by Crippen LogP contribution is -2.24. The van der Waals surface area contributed by atoms with Gasteiger partial charge in [-0.3, -0.25) is 0 Å². The molecule has 2 N–H and O–H groups in total. The monoisotopic (exact) mass is 271 g/mol. The molecule has 2 heterocycles. The lowest BCUT2D eigenvalue weighted by molar-refractivity contribution is 0.0696. The summed E-state index contributed by atoms with van der Waals surface area (Å²) in [6, 6.07) is 7.12. The minimum atomic E-state index is -0.888. The molecule has 1 aromatic carbocycles. The van der Waals surface area contributed by atoms with E-state index in [1.807, 2.05) is 19.2 Å². The van der Waals surface area contributed by atoms with E-state index in [1.54, 1.807) is 12.1 Å². The number of carboxylic acids is 1. The summed E-state index contributed by atoms with van der Waals surface area (Å²) in [6.07, 6.45) is 1.52. The number of nitrogens with zero attached hydrogens (tertiary/aromatic N) is 2. The van der Waals surface area contributed by atoms with Crippen LogP contribution in [0.5, 0.6) is 0 Å². The molecule has 0 unspecified atom stereocenters. The number of rotatable bonds is 3. The third-order valence-corrected chi connectivity index (χ3v) is 3.82. The number of aromatic carboxylic acids is 1. The Morgan fingerprint density at radius 2 is 2.25 bits per heavy atom. The van der Waals surface area contributed by atoms with E-state index in [4.69, 9.17) is 0 Å². The van der Waals surface area contributed by atoms with E-state index >= 15 is 0 Å². The molecule has 1 aliphatic rings. The second kappa shape index (κ2) is 5.09. The third-order valence-electron chi connectivity index (χ3n) is 3.82. The number of carboxylic acid groups (broad SMARTS) is 1. The van der Waals surface area contributed by atoms with Gasteiger partial charge in [0.25, 0.3) is 0 Å². The Morgan fingerprint density at radius 3 is 3.00 bits per heavy atom. The molecule has 0 saturated heterocycles. The molecule has 1 aliphatic heterocycles. The van der Waals surface area contributed by atoms with Gasteiger partial charge in [-0.2, -0.15) is 0 Å². The molecular weight excluding hydrogens is 254 g/mol. The van der Waals surface area contributed by atoms with E-state index in [0.717, 1.165) is 36.6 Å². The summed E-state index contributed by atoms with van der Waals surface area (Å²) in [6.45, 7) is 1.77. The Kier molecular flexibility index (Phi) is 3.28. The SMILES string of the molecule is Cn1c(Cc2ccccc2C(=O)O)nc2c1CCNC2. The van der Waals surface area contributed by atoms with Crippen molar-refractivity contribution in [2.75, 3.05) is 6.54 Å². The molecule has 5 nitrogen and oxygen atoms in total. The molecule has 20 heavy (non-hydrogen) atoms. The fourth-order valence-corrected chi connectivity index (χ4v) is 2.72. The molecule has 0 spiro atoms. The number of hydrogen-bond donors (Lipinski definition) is 2. The number of nitrogens with one attached hydrogen (secondary N) is 1. The van der Waals surface area contributed by atoms with Crippen LogP contribution < -0.4 is 5.32 Å². The van der Waals surface area contributed by atoms with Gasteiger partial charge < -0.3 is 15.0 Å². The minimum absolute atomic E-state index is 0.353. The second-order valence-electron chi connectivity index (χ2n) is 5.05. The average molecular weight is 271 g/mol. The van der Waals surface area contributed by atoms with E-state index in [-0.39, 0.29) is 0 Å². The lowest BCUT2D eigenvalue weighted by atomic mass is 10.0. The Balaban J connectivity index is 1.96. The third kappa shape index (κ3) is 2.20. The zero-order valence-corrected chi connectivity index (χ0v) is 11.4. The maximum absolute atomic E-state index is 11.3. The van der Waals surface area contributed by atoms with Crippen molar-refractivity contribution in [3.63, 3.8) is 0 Å². The summed E-state index contributed by atoms with van der Waals surface area (Å²) in [5.41, 5.74) is 3.50. The number of benzene rings is 1. The molecule has 2 aromatic rings. The largest absolute Gasteiger partial charge is 0.478 e. The van der Waals surface area contributed by atoms with Gasteiger partial charge in [0.1, 0.15) is 5.82 Å². The van der Waals surface area contributed by atoms with Crippen molar-refractivity contribution in [2.24, 2.45) is 7.05 Å². The van der Waals surface area contributed by atoms with Gasteiger partial charge in [-0.25, -0.2) is 9.78 Å². The van der Waals surface area contributed by atoms with Gasteiger partial charge in [-0.1, -0.05) is 18.2 Å². The second-order valence-corrected chi connectivity index (χ2v) is 5.05. The molecule has 0 aliphatic carbocycles.